The number of nitrogens with two attached hydrogens (primary N) is 2. The van der Waals surface area contributed by atoms with E-state index in [-0.39, 0.29) is 29.5 Å². The van der Waals surface area contributed by atoms with Gasteiger partial charge in [-0.1, -0.05) is 0 Å². The number of carbonyl (C=O) groups is 2. The second-order valence-electron chi connectivity index (χ2n) is 2.73. The first-order chi connectivity index (χ1) is 7.91. The Hall–Kier alpha value is -1.68. The van der Waals surface area contributed by atoms with Crippen LogP contribution < -0.4 is 22.4 Å². The summed E-state index contributed by atoms with van der Waals surface area (Å²) in [5.41, 5.74) is 14.1. The number of rotatable bonds is 4. The molecule has 0 atom stereocenters. The standard InChI is InChI=1S/C7H12N4O4S2/c8-6(16)10-14-4(12)2-1-3-5(13)15-11-7(9)17/h1-3H2,(H3,8,10,16)(H3,9,11,17). The maximum atomic E-state index is 11.0. The van der Waals surface area contributed by atoms with E-state index in [4.69, 9.17) is 11.5 Å². The predicted octanol–water partition coefficient (Wildman–Crippen LogP) is -1.26. The molecule has 0 aromatic rings. The van der Waals surface area contributed by atoms with Crippen molar-refractivity contribution in [3.63, 3.8) is 0 Å². The molecule has 0 radical (unpaired) electrons. The summed E-state index contributed by atoms with van der Waals surface area (Å²) in [6, 6.07) is 0. The van der Waals surface area contributed by atoms with E-state index in [0.717, 1.165) is 0 Å². The summed E-state index contributed by atoms with van der Waals surface area (Å²) in [5.74, 6) is -1.18. The minimum atomic E-state index is -0.590. The van der Waals surface area contributed by atoms with Crippen molar-refractivity contribution in [3.05, 3.63) is 0 Å². The molecule has 0 aliphatic rings. The molecule has 0 unspecified atom stereocenters. The highest BCUT2D eigenvalue weighted by molar-refractivity contribution is 7.80. The van der Waals surface area contributed by atoms with Gasteiger partial charge in [-0.05, 0) is 30.9 Å². The SMILES string of the molecule is NC(=S)NOC(=O)CCCC(=O)ONC(N)=S. The summed E-state index contributed by atoms with van der Waals surface area (Å²) in [4.78, 5) is 30.8. The van der Waals surface area contributed by atoms with Crippen LogP contribution in [0.3, 0.4) is 0 Å². The zero-order valence-corrected chi connectivity index (χ0v) is 10.4. The highest BCUT2D eigenvalue weighted by Gasteiger charge is 2.08. The van der Waals surface area contributed by atoms with Crippen LogP contribution in [-0.4, -0.2) is 22.2 Å². The zero-order valence-electron chi connectivity index (χ0n) is 8.73. The fraction of sp³-hybridized carbons (Fsp3) is 0.429. The van der Waals surface area contributed by atoms with Gasteiger partial charge < -0.3 is 21.1 Å². The van der Waals surface area contributed by atoms with E-state index in [1.165, 1.54) is 0 Å². The number of hydroxylamine groups is 2. The summed E-state index contributed by atoms with van der Waals surface area (Å²) in [6.07, 6.45) is 0.269. The van der Waals surface area contributed by atoms with E-state index in [1.807, 2.05) is 11.0 Å². The summed E-state index contributed by atoms with van der Waals surface area (Å²) in [5, 5.41) is -0.308. The van der Waals surface area contributed by atoms with Crippen molar-refractivity contribution in [3.8, 4) is 0 Å². The molecule has 0 fully saturated rings. The maximum absolute atomic E-state index is 11.0. The zero-order chi connectivity index (χ0) is 13.3. The molecule has 6 N–H and O–H groups in total. The molecule has 17 heavy (non-hydrogen) atoms. The molecule has 0 saturated carbocycles. The quantitative estimate of drug-likeness (QED) is 0.366. The number of hydrogen-bond acceptors (Lipinski definition) is 6. The second-order valence-corrected chi connectivity index (χ2v) is 3.61. The molecule has 0 rings (SSSR count). The van der Waals surface area contributed by atoms with Gasteiger partial charge in [0, 0.05) is 12.8 Å². The molecular formula is C7H12N4O4S2. The van der Waals surface area contributed by atoms with Gasteiger partial charge >= 0.3 is 11.9 Å². The molecule has 0 aromatic carbocycles. The molecule has 8 nitrogen and oxygen atoms in total. The average molecular weight is 280 g/mol. The normalized spacial score (nSPS) is 8.94. The number of carbonyl (C=O) groups excluding carboxylic acids is 2. The smallest absolute Gasteiger partial charge is 0.332 e. The summed E-state index contributed by atoms with van der Waals surface area (Å²) in [7, 11) is 0. The third kappa shape index (κ3) is 10.6. The van der Waals surface area contributed by atoms with Gasteiger partial charge in [0.1, 0.15) is 0 Å². The topological polar surface area (TPSA) is 129 Å². The van der Waals surface area contributed by atoms with Gasteiger partial charge in [0.05, 0.1) is 0 Å². The van der Waals surface area contributed by atoms with Gasteiger partial charge in [0.25, 0.3) is 0 Å². The molecule has 0 saturated heterocycles. The first-order valence-electron chi connectivity index (χ1n) is 4.42. The van der Waals surface area contributed by atoms with Gasteiger partial charge in [-0.2, -0.15) is 11.0 Å². The highest BCUT2D eigenvalue weighted by Crippen LogP contribution is 1.98. The van der Waals surface area contributed by atoms with Crippen molar-refractivity contribution < 1.29 is 19.3 Å². The second kappa shape index (κ2) is 8.47. The molecule has 0 aliphatic heterocycles. The van der Waals surface area contributed by atoms with E-state index in [0.29, 0.717) is 0 Å². The lowest BCUT2D eigenvalue weighted by molar-refractivity contribution is -0.149. The Morgan fingerprint density at radius 3 is 1.59 bits per heavy atom. The van der Waals surface area contributed by atoms with Crippen LogP contribution >= 0.6 is 24.4 Å². The van der Waals surface area contributed by atoms with E-state index >= 15 is 0 Å². The van der Waals surface area contributed by atoms with Crippen molar-refractivity contribution >= 4 is 46.6 Å². The fourth-order valence-corrected chi connectivity index (χ4v) is 0.777. The maximum Gasteiger partial charge on any atom is 0.332 e. The van der Waals surface area contributed by atoms with Crippen LogP contribution in [-0.2, 0) is 19.3 Å². The van der Waals surface area contributed by atoms with Crippen LogP contribution in [0.5, 0.6) is 0 Å². The molecule has 0 heterocycles. The summed E-state index contributed by atoms with van der Waals surface area (Å²) >= 11 is 8.82. The monoisotopic (exact) mass is 280 g/mol. The van der Waals surface area contributed by atoms with Crippen molar-refractivity contribution in [2.24, 2.45) is 11.5 Å². The lowest BCUT2D eigenvalue weighted by Gasteiger charge is -2.05. The number of thiocarbonyl (C=S) groups is 2. The van der Waals surface area contributed by atoms with E-state index in [9.17, 15) is 9.59 Å². The van der Waals surface area contributed by atoms with Crippen LogP contribution in [0, 0.1) is 0 Å². The van der Waals surface area contributed by atoms with Gasteiger partial charge in [0.2, 0.25) is 0 Å². The molecule has 10 heteroatoms. The average Bonchev–Trinajstić information content (AvgIpc) is 2.23. The van der Waals surface area contributed by atoms with Crippen molar-refractivity contribution in [1.29, 1.82) is 0 Å². The van der Waals surface area contributed by atoms with E-state index in [1.54, 1.807) is 0 Å². The Kier molecular flexibility index (Phi) is 7.63. The Bertz CT molecular complexity index is 293. The Labute approximate surface area is 108 Å². The van der Waals surface area contributed by atoms with Crippen LogP contribution in [0.15, 0.2) is 0 Å². The van der Waals surface area contributed by atoms with Crippen molar-refractivity contribution in [2.75, 3.05) is 0 Å². The predicted molar refractivity (Wildman–Crippen MR) is 65.9 cm³/mol. The lowest BCUT2D eigenvalue weighted by Crippen LogP contribution is -2.32. The molecule has 0 aromatic heterocycles. The van der Waals surface area contributed by atoms with Crippen LogP contribution in [0.25, 0.3) is 0 Å². The Morgan fingerprint density at radius 2 is 1.29 bits per heavy atom. The van der Waals surface area contributed by atoms with Crippen molar-refractivity contribution in [2.45, 2.75) is 19.3 Å². The van der Waals surface area contributed by atoms with Crippen LogP contribution in [0.2, 0.25) is 0 Å². The minimum absolute atomic E-state index is 0.0117. The van der Waals surface area contributed by atoms with E-state index in [2.05, 4.69) is 34.1 Å². The fourth-order valence-electron chi connectivity index (χ4n) is 0.694. The van der Waals surface area contributed by atoms with Crippen molar-refractivity contribution in [1.82, 2.24) is 11.0 Å². The first kappa shape index (κ1) is 15.3. The van der Waals surface area contributed by atoms with Gasteiger partial charge in [0.15, 0.2) is 10.2 Å². The van der Waals surface area contributed by atoms with E-state index < -0.39 is 11.9 Å². The largest absolute Gasteiger partial charge is 0.374 e. The van der Waals surface area contributed by atoms with Gasteiger partial charge in [-0.25, -0.2) is 9.59 Å². The molecule has 0 spiro atoms. The number of hydrogen-bond donors (Lipinski definition) is 4. The lowest BCUT2D eigenvalue weighted by atomic mass is 10.2. The molecule has 96 valence electrons. The molecular weight excluding hydrogens is 268 g/mol. The van der Waals surface area contributed by atoms with Gasteiger partial charge in [-0.15, -0.1) is 0 Å². The third-order valence-electron chi connectivity index (χ3n) is 1.29. The van der Waals surface area contributed by atoms with Crippen LogP contribution in [0.1, 0.15) is 19.3 Å². The summed E-state index contributed by atoms with van der Waals surface area (Å²) in [6.45, 7) is 0. The van der Waals surface area contributed by atoms with Crippen LogP contribution in [0.4, 0.5) is 0 Å². The third-order valence-corrected chi connectivity index (χ3v) is 1.46. The highest BCUT2D eigenvalue weighted by atomic mass is 32.1. The molecule has 0 amide bonds. The Balaban J connectivity index is 3.55. The number of nitrogens with one attached hydrogen (secondary N) is 2. The van der Waals surface area contributed by atoms with Gasteiger partial charge in [-0.3, -0.25) is 0 Å². The molecule has 0 aliphatic carbocycles. The molecule has 0 bridgehead atoms. The first-order valence-corrected chi connectivity index (χ1v) is 5.23. The Morgan fingerprint density at radius 1 is 0.941 bits per heavy atom. The minimum Gasteiger partial charge on any atom is -0.374 e. The summed E-state index contributed by atoms with van der Waals surface area (Å²) < 4.78 is 0.